The van der Waals surface area contributed by atoms with Gasteiger partial charge in [-0.05, 0) is 39.0 Å². The first-order valence-electron chi connectivity index (χ1n) is 11.1. The molecule has 2 saturated heterocycles. The molecule has 2 atom stereocenters. The van der Waals surface area contributed by atoms with Gasteiger partial charge in [0.2, 0.25) is 0 Å². The van der Waals surface area contributed by atoms with Gasteiger partial charge in [-0.2, -0.15) is 0 Å². The number of rotatable bonds is 6. The van der Waals surface area contributed by atoms with Crippen molar-refractivity contribution in [2.24, 2.45) is 0 Å². The van der Waals surface area contributed by atoms with E-state index in [1.165, 1.54) is 0 Å². The van der Waals surface area contributed by atoms with Gasteiger partial charge >= 0.3 is 29.0 Å². The molecule has 6 N–H and O–H groups in total. The standard InChI is InChI=1S/C18H34N4O4.2ClHO4.Cu.2H2O/c23-17(24)3-9-19-5-1-7-21-13-12-20(10-4-18(25)26)6-2-8-22(14-11-19)16-15-21;2*2-1(3,4)5;;;/h1-16H2,(H,23,24)(H,25,26);2*(H,2,3,4,5);;2*1H2/q;;;+2;;/p-2. The Morgan fingerprint density at radius 1 is 0.538 bits per heavy atom. The second kappa shape index (κ2) is 24.1. The molecule has 2 aliphatic rings. The van der Waals surface area contributed by atoms with Crippen molar-refractivity contribution in [2.45, 2.75) is 25.7 Å². The molecule has 239 valence electrons. The van der Waals surface area contributed by atoms with Crippen molar-refractivity contribution in [3.05, 3.63) is 0 Å². The Hall–Kier alpha value is -0.521. The summed E-state index contributed by atoms with van der Waals surface area (Å²) in [7, 11) is -9.89. The van der Waals surface area contributed by atoms with Gasteiger partial charge in [0.25, 0.3) is 0 Å². The van der Waals surface area contributed by atoms with Crippen LogP contribution in [0.4, 0.5) is 0 Å². The van der Waals surface area contributed by atoms with E-state index in [0.29, 0.717) is 13.1 Å². The van der Waals surface area contributed by atoms with Crippen molar-refractivity contribution in [3.8, 4) is 0 Å². The Balaban J connectivity index is -0.000000405. The number of fused-ring (bicyclic) bond motifs is 3. The van der Waals surface area contributed by atoms with Crippen LogP contribution in [0.2, 0.25) is 0 Å². The number of halogens is 2. The van der Waals surface area contributed by atoms with Crippen molar-refractivity contribution in [1.82, 2.24) is 19.6 Å². The average Bonchev–Trinajstić information content (AvgIpc) is 2.71. The first-order chi connectivity index (χ1) is 16.5. The molecule has 0 aromatic heterocycles. The van der Waals surface area contributed by atoms with Gasteiger partial charge in [0.15, 0.2) is 0 Å². The number of carboxylic acids is 2. The fourth-order valence-electron chi connectivity index (χ4n) is 3.73. The summed E-state index contributed by atoms with van der Waals surface area (Å²) in [5, 5.41) is 17.9. The number of hydrogen-bond acceptors (Lipinski definition) is 14. The Bertz CT molecular complexity index is 570. The summed E-state index contributed by atoms with van der Waals surface area (Å²) < 4.78 is 67.9. The summed E-state index contributed by atoms with van der Waals surface area (Å²) in [6.07, 6.45) is 2.52. The number of hydrogen-bond donors (Lipinski definition) is 2. The quantitative estimate of drug-likeness (QED) is 0.248. The van der Waals surface area contributed by atoms with Gasteiger partial charge in [0, 0.05) is 52.4 Å². The van der Waals surface area contributed by atoms with Crippen molar-refractivity contribution in [2.75, 3.05) is 78.5 Å². The minimum atomic E-state index is -4.94. The third-order valence-electron chi connectivity index (χ3n) is 5.38. The molecular formula is C18H38Cl2CuN4O14. The zero-order valence-electron chi connectivity index (χ0n) is 21.1. The molecule has 1 radical (unpaired) electrons. The first-order valence-corrected chi connectivity index (χ1v) is 13.6. The summed E-state index contributed by atoms with van der Waals surface area (Å²) in [6.45, 7) is 11.1. The Morgan fingerprint density at radius 3 is 1.05 bits per heavy atom. The maximum atomic E-state index is 10.9. The predicted molar refractivity (Wildman–Crippen MR) is 107 cm³/mol. The third kappa shape index (κ3) is 35.5. The summed E-state index contributed by atoms with van der Waals surface area (Å²) >= 11 is 0. The topological polar surface area (TPSA) is 335 Å². The Kier molecular flexibility index (Phi) is 28.1. The molecule has 21 heteroatoms. The van der Waals surface area contributed by atoms with E-state index in [4.69, 9.17) is 47.5 Å². The van der Waals surface area contributed by atoms with Crippen LogP contribution in [0.3, 0.4) is 0 Å². The molecule has 0 aromatic rings. The molecule has 0 amide bonds. The van der Waals surface area contributed by atoms with Crippen molar-refractivity contribution in [3.63, 3.8) is 0 Å². The van der Waals surface area contributed by atoms with Crippen LogP contribution in [-0.2, 0) is 26.7 Å². The normalized spacial score (nSPS) is 21.1. The fraction of sp³-hybridized carbons (Fsp3) is 0.889. The van der Waals surface area contributed by atoms with Crippen LogP contribution in [0, 0.1) is 20.5 Å². The predicted octanol–water partition coefficient (Wildman–Crippen LogP) is -11.2. The van der Waals surface area contributed by atoms with E-state index in [1.807, 2.05) is 0 Å². The van der Waals surface area contributed by atoms with Gasteiger partial charge in [-0.15, -0.1) is 20.5 Å². The van der Waals surface area contributed by atoms with Crippen LogP contribution in [0.5, 0.6) is 0 Å². The third-order valence-corrected chi connectivity index (χ3v) is 5.38. The minimum absolute atomic E-state index is 0. The van der Waals surface area contributed by atoms with E-state index in [1.54, 1.807) is 0 Å². The molecule has 18 nitrogen and oxygen atoms in total. The molecule has 0 aromatic carbocycles. The second-order valence-corrected chi connectivity index (χ2v) is 9.63. The maximum Gasteiger partial charge on any atom is 2.00 e. The van der Waals surface area contributed by atoms with Gasteiger partial charge < -0.3 is 40.8 Å². The maximum absolute atomic E-state index is 10.9. The van der Waals surface area contributed by atoms with Gasteiger partial charge in [-0.1, -0.05) is 0 Å². The van der Waals surface area contributed by atoms with Crippen LogP contribution in [0.25, 0.3) is 0 Å². The molecule has 0 saturated carbocycles. The number of aliphatic carboxylic acids is 2. The molecule has 2 bridgehead atoms. The zero-order chi connectivity index (χ0) is 27.8. The number of nitrogens with zero attached hydrogens (tertiary/aromatic N) is 4. The number of carboxylic acid groups (broad SMARTS) is 2. The molecule has 0 aliphatic carbocycles. The molecule has 2 heterocycles. The molecule has 2 aliphatic heterocycles. The summed E-state index contributed by atoms with van der Waals surface area (Å²) in [5.41, 5.74) is 0. The van der Waals surface area contributed by atoms with Crippen LogP contribution in [0.1, 0.15) is 25.7 Å². The van der Waals surface area contributed by atoms with E-state index in [0.717, 1.165) is 78.3 Å². The summed E-state index contributed by atoms with van der Waals surface area (Å²) in [5.74, 6) is -1.45. The van der Waals surface area contributed by atoms with Crippen LogP contribution in [0.15, 0.2) is 0 Å². The van der Waals surface area contributed by atoms with E-state index < -0.39 is 32.4 Å². The largest absolute Gasteiger partial charge is 2.00 e. The van der Waals surface area contributed by atoms with Gasteiger partial charge in [0.1, 0.15) is 0 Å². The van der Waals surface area contributed by atoms with Crippen LogP contribution >= 0.6 is 0 Å². The van der Waals surface area contributed by atoms with Gasteiger partial charge in [0.05, 0.1) is 12.8 Å². The molecule has 0 spiro atoms. The van der Waals surface area contributed by atoms with E-state index in [9.17, 15) is 9.59 Å². The van der Waals surface area contributed by atoms with Crippen LogP contribution < -0.4 is 37.3 Å². The SMILES string of the molecule is O.O.O=C(O)CCN1CCCN2CCN(CCC(=O)O)CCCN(CC1)CC2.[Cu+2].[O-][Cl+3]([O-])([O-])[O-].[O-][Cl+3]([O-])([O-])[O-]. The van der Waals surface area contributed by atoms with Crippen molar-refractivity contribution >= 4 is 11.9 Å². The molecule has 2 rings (SSSR count). The Labute approximate surface area is 241 Å². The average molecular weight is 669 g/mol. The second-order valence-electron chi connectivity index (χ2n) is 8.12. The zero-order valence-corrected chi connectivity index (χ0v) is 23.6. The minimum Gasteiger partial charge on any atom is -0.481 e. The Morgan fingerprint density at radius 2 is 0.795 bits per heavy atom. The van der Waals surface area contributed by atoms with E-state index in [-0.39, 0.29) is 40.9 Å². The van der Waals surface area contributed by atoms with Crippen molar-refractivity contribution in [1.29, 1.82) is 0 Å². The monoisotopic (exact) mass is 667 g/mol. The van der Waals surface area contributed by atoms with E-state index >= 15 is 0 Å². The van der Waals surface area contributed by atoms with Gasteiger partial charge in [-0.3, -0.25) is 9.59 Å². The first kappa shape index (κ1) is 45.5. The van der Waals surface area contributed by atoms with Crippen LogP contribution in [-0.4, -0.2) is 131 Å². The molecular weight excluding hydrogens is 631 g/mol. The molecule has 39 heavy (non-hydrogen) atoms. The summed E-state index contributed by atoms with van der Waals surface area (Å²) in [4.78, 5) is 31.3. The summed E-state index contributed by atoms with van der Waals surface area (Å²) in [6, 6.07) is 0. The number of carbonyl (C=O) groups is 2. The molecule has 2 fully saturated rings. The molecule has 2 unspecified atom stereocenters. The van der Waals surface area contributed by atoms with Gasteiger partial charge in [-0.25, -0.2) is 37.3 Å². The van der Waals surface area contributed by atoms with Crippen molar-refractivity contribution < 1.29 is 106 Å². The fourth-order valence-corrected chi connectivity index (χ4v) is 3.73. The smallest absolute Gasteiger partial charge is 0.481 e. The van der Waals surface area contributed by atoms with E-state index in [2.05, 4.69) is 19.6 Å².